The van der Waals surface area contributed by atoms with E-state index < -0.39 is 29.2 Å². The summed E-state index contributed by atoms with van der Waals surface area (Å²) in [4.78, 5) is 33.1. The van der Waals surface area contributed by atoms with E-state index in [-0.39, 0.29) is 49.1 Å². The average molecular weight is 746 g/mol. The first-order valence-electron chi connectivity index (χ1n) is 19.0. The molecule has 292 valence electrons. The molecular formula is C40H54F3N3O7. The minimum atomic E-state index is -4.54. The van der Waals surface area contributed by atoms with Gasteiger partial charge in [-0.1, -0.05) is 18.2 Å². The fraction of sp³-hybridized carbons (Fsp3) is 0.650. The first-order valence-corrected chi connectivity index (χ1v) is 19.0. The number of ether oxygens (including phenoxy) is 4. The van der Waals surface area contributed by atoms with Crippen LogP contribution in [0.3, 0.4) is 0 Å². The maximum Gasteiger partial charge on any atom is 0.416 e. The van der Waals surface area contributed by atoms with Crippen LogP contribution in [0.15, 0.2) is 42.5 Å². The van der Waals surface area contributed by atoms with E-state index in [0.29, 0.717) is 63.5 Å². The van der Waals surface area contributed by atoms with Crippen molar-refractivity contribution < 1.29 is 46.8 Å². The van der Waals surface area contributed by atoms with Crippen LogP contribution in [0.1, 0.15) is 80.4 Å². The van der Waals surface area contributed by atoms with E-state index in [2.05, 4.69) is 4.90 Å². The molecule has 4 aliphatic rings. The van der Waals surface area contributed by atoms with Crippen molar-refractivity contribution in [2.75, 3.05) is 72.2 Å². The van der Waals surface area contributed by atoms with Crippen LogP contribution in [0.2, 0.25) is 0 Å². The number of aliphatic carboxylic acids is 1. The summed E-state index contributed by atoms with van der Waals surface area (Å²) >= 11 is 0. The van der Waals surface area contributed by atoms with E-state index in [0.717, 1.165) is 42.9 Å². The first kappa shape index (κ1) is 39.3. The lowest BCUT2D eigenvalue weighted by molar-refractivity contribution is -0.157. The molecule has 4 fully saturated rings. The van der Waals surface area contributed by atoms with Gasteiger partial charge >= 0.3 is 12.1 Å². The van der Waals surface area contributed by atoms with Crippen LogP contribution in [0.5, 0.6) is 5.75 Å². The molecule has 4 atom stereocenters. The van der Waals surface area contributed by atoms with Crippen molar-refractivity contribution in [3.63, 3.8) is 0 Å². The van der Waals surface area contributed by atoms with Gasteiger partial charge in [-0.3, -0.25) is 14.5 Å². The van der Waals surface area contributed by atoms with E-state index in [1.165, 1.54) is 6.07 Å². The molecule has 3 aliphatic heterocycles. The molecule has 6 rings (SSSR count). The second-order valence-corrected chi connectivity index (χ2v) is 15.1. The van der Waals surface area contributed by atoms with E-state index in [1.807, 2.05) is 41.0 Å². The zero-order valence-electron chi connectivity index (χ0n) is 31.3. The summed E-state index contributed by atoms with van der Waals surface area (Å²) in [5.41, 5.74) is 0.179. The number of nitrogens with zero attached hydrogens (tertiary/aromatic N) is 3. The first-order chi connectivity index (χ1) is 25.4. The lowest BCUT2D eigenvalue weighted by Crippen LogP contribution is -2.57. The molecule has 10 nitrogen and oxygen atoms in total. The number of carboxylic acid groups (broad SMARTS) is 1. The smallest absolute Gasteiger partial charge is 0.416 e. The molecule has 0 radical (unpaired) electrons. The summed E-state index contributed by atoms with van der Waals surface area (Å²) in [7, 11) is 4.82. The molecule has 0 spiro atoms. The number of carbonyl (C=O) groups is 2. The summed E-state index contributed by atoms with van der Waals surface area (Å²) in [6.07, 6.45) is 0.757. The largest absolute Gasteiger partial charge is 0.497 e. The standard InChI is InChI=1S/C40H54F3N3O7/c1-5-53-33-13-9-30(10-14-33)45-23-35(26-6-11-32(51-3)12-7-26)39(25-45,52-4)38(49)46-22-28(20-31(46)24-50-2)34-15-8-29(40(41,42)43)21-36(34)44-18-16-27(17-19-44)37(47)48/h6-8,11-12,15,21,27-28,30-31,33,35H,5,9-10,13-14,16-20,22-25H2,1-4H3,(H,47,48)/t28-,30-,31+,33-,35+,39+/m0/s1. The zero-order valence-corrected chi connectivity index (χ0v) is 31.3. The van der Waals surface area contributed by atoms with Crippen LogP contribution in [-0.2, 0) is 30.0 Å². The number of anilines is 1. The number of halogens is 3. The van der Waals surface area contributed by atoms with Gasteiger partial charge < -0.3 is 33.9 Å². The van der Waals surface area contributed by atoms with Crippen molar-refractivity contribution in [3.05, 3.63) is 59.2 Å². The predicted molar refractivity (Wildman–Crippen MR) is 193 cm³/mol. The molecule has 2 aromatic carbocycles. The molecule has 2 aromatic rings. The fourth-order valence-corrected chi connectivity index (χ4v) is 9.36. The number of carbonyl (C=O) groups excluding carboxylic acids is 1. The molecule has 0 aromatic heterocycles. The number of rotatable bonds is 12. The van der Waals surface area contributed by atoms with Crippen molar-refractivity contribution in [2.24, 2.45) is 5.92 Å². The zero-order chi connectivity index (χ0) is 37.9. The molecule has 1 amide bonds. The number of alkyl halides is 3. The maximum absolute atomic E-state index is 15.3. The second-order valence-electron chi connectivity index (χ2n) is 15.1. The molecule has 1 aliphatic carbocycles. The van der Waals surface area contributed by atoms with Gasteiger partial charge in [0.05, 0.1) is 37.3 Å². The summed E-state index contributed by atoms with van der Waals surface area (Å²) < 4.78 is 65.6. The average Bonchev–Trinajstić information content (AvgIpc) is 3.77. The van der Waals surface area contributed by atoms with Crippen molar-refractivity contribution in [2.45, 2.75) is 93.7 Å². The minimum Gasteiger partial charge on any atom is -0.497 e. The third-order valence-electron chi connectivity index (χ3n) is 12.2. The Hall–Kier alpha value is -3.39. The van der Waals surface area contributed by atoms with E-state index >= 15 is 4.79 Å². The second kappa shape index (κ2) is 16.5. The van der Waals surface area contributed by atoms with Gasteiger partial charge in [0.1, 0.15) is 5.75 Å². The molecule has 0 unspecified atom stereocenters. The summed E-state index contributed by atoms with van der Waals surface area (Å²) in [5, 5.41) is 9.56. The number of methoxy groups -OCH3 is 3. The quantitative estimate of drug-likeness (QED) is 0.273. The number of benzene rings is 2. The van der Waals surface area contributed by atoms with E-state index in [4.69, 9.17) is 18.9 Å². The molecule has 1 N–H and O–H groups in total. The third-order valence-corrected chi connectivity index (χ3v) is 12.2. The summed E-state index contributed by atoms with van der Waals surface area (Å²) in [5.74, 6) is -1.39. The van der Waals surface area contributed by atoms with Gasteiger partial charge in [0.25, 0.3) is 5.91 Å². The van der Waals surface area contributed by atoms with Crippen molar-refractivity contribution >= 4 is 17.6 Å². The monoisotopic (exact) mass is 745 g/mol. The highest BCUT2D eigenvalue weighted by Gasteiger charge is 2.58. The van der Waals surface area contributed by atoms with Crippen LogP contribution < -0.4 is 9.64 Å². The minimum absolute atomic E-state index is 0.147. The highest BCUT2D eigenvalue weighted by molar-refractivity contribution is 5.88. The number of likely N-dealkylation sites (tertiary alicyclic amines) is 2. The van der Waals surface area contributed by atoms with Crippen molar-refractivity contribution in [3.8, 4) is 5.75 Å². The van der Waals surface area contributed by atoms with E-state index in [1.54, 1.807) is 27.4 Å². The highest BCUT2D eigenvalue weighted by atomic mass is 19.4. The summed E-state index contributed by atoms with van der Waals surface area (Å²) in [6.45, 7) is 4.98. The molecule has 3 saturated heterocycles. The number of amides is 1. The topological polar surface area (TPSA) is 101 Å². The van der Waals surface area contributed by atoms with Crippen LogP contribution in [0.25, 0.3) is 0 Å². The van der Waals surface area contributed by atoms with Crippen LogP contribution in [-0.4, -0.2) is 118 Å². The molecular weight excluding hydrogens is 691 g/mol. The Morgan fingerprint density at radius 1 is 0.943 bits per heavy atom. The lowest BCUT2D eigenvalue weighted by Gasteiger charge is -2.39. The molecule has 53 heavy (non-hydrogen) atoms. The molecule has 1 saturated carbocycles. The number of piperidine rings is 1. The third kappa shape index (κ3) is 8.18. The highest BCUT2D eigenvalue weighted by Crippen LogP contribution is 2.47. The summed E-state index contributed by atoms with van der Waals surface area (Å²) in [6, 6.07) is 11.6. The normalized spacial score (nSPS) is 28.8. The Kier molecular flexibility index (Phi) is 12.3. The fourth-order valence-electron chi connectivity index (χ4n) is 9.36. The van der Waals surface area contributed by atoms with Gasteiger partial charge in [-0.05, 0) is 87.3 Å². The van der Waals surface area contributed by atoms with Gasteiger partial charge in [0.2, 0.25) is 0 Å². The predicted octanol–water partition coefficient (Wildman–Crippen LogP) is 6.18. The Labute approximate surface area is 310 Å². The molecule has 3 heterocycles. The van der Waals surface area contributed by atoms with E-state index in [9.17, 15) is 23.1 Å². The van der Waals surface area contributed by atoms with Gasteiger partial charge in [-0.25, -0.2) is 0 Å². The Bertz CT molecular complexity index is 1560. The van der Waals surface area contributed by atoms with Crippen molar-refractivity contribution in [1.82, 2.24) is 9.80 Å². The lowest BCUT2D eigenvalue weighted by atomic mass is 9.83. The van der Waals surface area contributed by atoms with Gasteiger partial charge in [0, 0.05) is 77.1 Å². The Balaban J connectivity index is 1.32. The van der Waals surface area contributed by atoms with Gasteiger partial charge in [-0.15, -0.1) is 0 Å². The number of hydrogen-bond acceptors (Lipinski definition) is 8. The maximum atomic E-state index is 15.3. The van der Waals surface area contributed by atoms with Crippen LogP contribution >= 0.6 is 0 Å². The van der Waals surface area contributed by atoms with Crippen LogP contribution in [0.4, 0.5) is 18.9 Å². The van der Waals surface area contributed by atoms with Gasteiger partial charge in [-0.2, -0.15) is 13.2 Å². The molecule has 13 heteroatoms. The van der Waals surface area contributed by atoms with Crippen LogP contribution in [0, 0.1) is 5.92 Å². The SMILES string of the molecule is CCO[C@H]1CC[C@H](N2C[C@H](c3ccc(OC)cc3)[C@@](OC)(C(=O)N3C[C@@H](c4ccc(C(F)(F)F)cc4N4CCC(C(=O)O)CC4)C[C@@H]3COC)C2)CC1. The number of hydrogen-bond donors (Lipinski definition) is 1. The Morgan fingerprint density at radius 2 is 1.64 bits per heavy atom. The molecule has 0 bridgehead atoms. The van der Waals surface area contributed by atoms with Crippen molar-refractivity contribution in [1.29, 1.82) is 0 Å². The number of carboxylic acids is 1. The van der Waals surface area contributed by atoms with Gasteiger partial charge in [0.15, 0.2) is 5.60 Å². The Morgan fingerprint density at radius 3 is 2.23 bits per heavy atom.